The Kier molecular flexibility index (Phi) is 10.4. The van der Waals surface area contributed by atoms with Crippen molar-refractivity contribution in [3.63, 3.8) is 0 Å². The van der Waals surface area contributed by atoms with Gasteiger partial charge in [-0.2, -0.15) is 0 Å². The van der Waals surface area contributed by atoms with Crippen molar-refractivity contribution in [3.05, 3.63) is 0 Å². The van der Waals surface area contributed by atoms with Crippen LogP contribution in [0.1, 0.15) is 78.6 Å². The second-order valence-electron chi connectivity index (χ2n) is 6.75. The van der Waals surface area contributed by atoms with Gasteiger partial charge in [0.15, 0.2) is 0 Å². The zero-order chi connectivity index (χ0) is 14.6. The summed E-state index contributed by atoms with van der Waals surface area (Å²) >= 11 is 0. The topological polar surface area (TPSA) is 15.3 Å². The molecule has 1 saturated heterocycles. The molecule has 1 aliphatic heterocycles. The average molecular weight is 283 g/mol. The minimum Gasteiger partial charge on any atom is -0.314 e. The van der Waals surface area contributed by atoms with Crippen molar-refractivity contribution >= 4 is 0 Å². The molecule has 0 spiro atoms. The van der Waals surface area contributed by atoms with E-state index in [0.29, 0.717) is 0 Å². The molecule has 1 N–H and O–H groups in total. The van der Waals surface area contributed by atoms with E-state index < -0.39 is 0 Å². The minimum atomic E-state index is 0.764. The molecular formula is C18H38N2. The van der Waals surface area contributed by atoms with Gasteiger partial charge >= 0.3 is 0 Å². The molecule has 0 saturated carbocycles. The molecule has 0 aromatic heterocycles. The highest BCUT2D eigenvalue weighted by Gasteiger charge is 2.24. The average Bonchev–Trinajstić information content (AvgIpc) is 2.45. The van der Waals surface area contributed by atoms with Crippen LogP contribution in [0.4, 0.5) is 0 Å². The lowest BCUT2D eigenvalue weighted by atomic mass is 9.93. The maximum atomic E-state index is 3.71. The van der Waals surface area contributed by atoms with E-state index in [1.54, 1.807) is 0 Å². The Balaban J connectivity index is 2.00. The van der Waals surface area contributed by atoms with Crippen molar-refractivity contribution in [1.29, 1.82) is 0 Å². The molecule has 0 amide bonds. The molecule has 2 unspecified atom stereocenters. The van der Waals surface area contributed by atoms with E-state index in [9.17, 15) is 0 Å². The van der Waals surface area contributed by atoms with Crippen molar-refractivity contribution in [3.8, 4) is 0 Å². The Bertz CT molecular complexity index is 217. The highest BCUT2D eigenvalue weighted by Crippen LogP contribution is 2.17. The van der Waals surface area contributed by atoms with Crippen molar-refractivity contribution in [2.75, 3.05) is 26.2 Å². The largest absolute Gasteiger partial charge is 0.314 e. The standard InChI is InChI=1S/C18H38N2/c1-4-6-7-8-9-10-11-14-20-15-12-18(17(3)16-20)19-13-5-2/h17-19H,4-16H2,1-3H3. The van der Waals surface area contributed by atoms with Gasteiger partial charge in [0.05, 0.1) is 0 Å². The van der Waals surface area contributed by atoms with Gasteiger partial charge in [0.25, 0.3) is 0 Å². The predicted octanol–water partition coefficient (Wildman–Crippen LogP) is 4.45. The first-order valence-electron chi connectivity index (χ1n) is 9.23. The normalized spacial score (nSPS) is 24.1. The molecule has 20 heavy (non-hydrogen) atoms. The number of hydrogen-bond donors (Lipinski definition) is 1. The molecule has 2 atom stereocenters. The van der Waals surface area contributed by atoms with E-state index in [1.807, 2.05) is 0 Å². The molecule has 0 aliphatic carbocycles. The number of likely N-dealkylation sites (tertiary alicyclic amines) is 1. The van der Waals surface area contributed by atoms with Crippen molar-refractivity contribution < 1.29 is 0 Å². The van der Waals surface area contributed by atoms with Gasteiger partial charge in [-0.25, -0.2) is 0 Å². The van der Waals surface area contributed by atoms with Crippen LogP contribution in [-0.2, 0) is 0 Å². The highest BCUT2D eigenvalue weighted by molar-refractivity contribution is 4.82. The Morgan fingerprint density at radius 2 is 1.65 bits per heavy atom. The molecule has 0 bridgehead atoms. The Morgan fingerprint density at radius 3 is 2.30 bits per heavy atom. The summed E-state index contributed by atoms with van der Waals surface area (Å²) in [6, 6.07) is 0.764. The fourth-order valence-corrected chi connectivity index (χ4v) is 3.36. The lowest BCUT2D eigenvalue weighted by Gasteiger charge is -2.37. The molecular weight excluding hydrogens is 244 g/mol. The third kappa shape index (κ3) is 7.64. The van der Waals surface area contributed by atoms with Gasteiger partial charge in [-0.3, -0.25) is 0 Å². The molecule has 1 heterocycles. The second-order valence-corrected chi connectivity index (χ2v) is 6.75. The van der Waals surface area contributed by atoms with Crippen LogP contribution in [0.25, 0.3) is 0 Å². The number of hydrogen-bond acceptors (Lipinski definition) is 2. The van der Waals surface area contributed by atoms with Gasteiger partial charge < -0.3 is 10.2 Å². The summed E-state index contributed by atoms with van der Waals surface area (Å²) in [5, 5.41) is 3.71. The third-order valence-corrected chi connectivity index (χ3v) is 4.72. The summed E-state index contributed by atoms with van der Waals surface area (Å²) in [5.41, 5.74) is 0. The number of piperidine rings is 1. The molecule has 0 aromatic rings. The van der Waals surface area contributed by atoms with E-state index in [1.165, 1.54) is 84.0 Å². The van der Waals surface area contributed by atoms with Gasteiger partial charge in [-0.15, -0.1) is 0 Å². The van der Waals surface area contributed by atoms with Crippen molar-refractivity contribution in [1.82, 2.24) is 10.2 Å². The molecule has 2 nitrogen and oxygen atoms in total. The molecule has 120 valence electrons. The summed E-state index contributed by atoms with van der Waals surface area (Å²) < 4.78 is 0. The van der Waals surface area contributed by atoms with Gasteiger partial charge in [-0.1, -0.05) is 59.3 Å². The van der Waals surface area contributed by atoms with Crippen LogP contribution in [0.2, 0.25) is 0 Å². The highest BCUT2D eigenvalue weighted by atomic mass is 15.1. The first-order valence-corrected chi connectivity index (χ1v) is 9.23. The molecule has 0 radical (unpaired) electrons. The predicted molar refractivity (Wildman–Crippen MR) is 90.3 cm³/mol. The monoisotopic (exact) mass is 282 g/mol. The summed E-state index contributed by atoms with van der Waals surface area (Å²) in [6.45, 7) is 12.1. The maximum Gasteiger partial charge on any atom is 0.0117 e. The maximum absolute atomic E-state index is 3.71. The SMILES string of the molecule is CCCCCCCCCN1CCC(NCCC)C(C)C1. The first-order chi connectivity index (χ1) is 9.77. The zero-order valence-corrected chi connectivity index (χ0v) is 14.3. The number of unbranched alkanes of at least 4 members (excludes halogenated alkanes) is 6. The number of nitrogens with zero attached hydrogens (tertiary/aromatic N) is 1. The van der Waals surface area contributed by atoms with E-state index in [0.717, 1.165) is 12.0 Å². The van der Waals surface area contributed by atoms with Crippen molar-refractivity contribution in [2.45, 2.75) is 84.6 Å². The van der Waals surface area contributed by atoms with Gasteiger partial charge in [0, 0.05) is 12.6 Å². The van der Waals surface area contributed by atoms with E-state index in [2.05, 4.69) is 31.0 Å². The summed E-state index contributed by atoms with van der Waals surface area (Å²) in [7, 11) is 0. The molecule has 1 fully saturated rings. The summed E-state index contributed by atoms with van der Waals surface area (Å²) in [4.78, 5) is 2.70. The number of nitrogens with one attached hydrogen (secondary N) is 1. The van der Waals surface area contributed by atoms with Crippen LogP contribution < -0.4 is 5.32 Å². The van der Waals surface area contributed by atoms with Crippen LogP contribution in [0.5, 0.6) is 0 Å². The Morgan fingerprint density at radius 1 is 0.950 bits per heavy atom. The van der Waals surface area contributed by atoms with Crippen LogP contribution in [0.3, 0.4) is 0 Å². The van der Waals surface area contributed by atoms with Gasteiger partial charge in [-0.05, 0) is 44.8 Å². The minimum absolute atomic E-state index is 0.764. The summed E-state index contributed by atoms with van der Waals surface area (Å²) in [5.74, 6) is 0.819. The lowest BCUT2D eigenvalue weighted by molar-refractivity contribution is 0.145. The van der Waals surface area contributed by atoms with Crippen molar-refractivity contribution in [2.24, 2.45) is 5.92 Å². The first kappa shape index (κ1) is 18.0. The van der Waals surface area contributed by atoms with Gasteiger partial charge in [0.1, 0.15) is 0 Å². The van der Waals surface area contributed by atoms with Crippen LogP contribution in [-0.4, -0.2) is 37.1 Å². The van der Waals surface area contributed by atoms with E-state index in [-0.39, 0.29) is 0 Å². The molecule has 0 aromatic carbocycles. The van der Waals surface area contributed by atoms with E-state index >= 15 is 0 Å². The molecule has 2 heteroatoms. The molecule has 1 aliphatic rings. The van der Waals surface area contributed by atoms with Crippen LogP contribution in [0, 0.1) is 5.92 Å². The third-order valence-electron chi connectivity index (χ3n) is 4.72. The Labute approximate surface area is 127 Å². The number of rotatable bonds is 11. The smallest absolute Gasteiger partial charge is 0.0117 e. The van der Waals surface area contributed by atoms with E-state index in [4.69, 9.17) is 0 Å². The fourth-order valence-electron chi connectivity index (χ4n) is 3.36. The molecule has 1 rings (SSSR count). The van der Waals surface area contributed by atoms with Gasteiger partial charge in [0.2, 0.25) is 0 Å². The van der Waals surface area contributed by atoms with Crippen LogP contribution >= 0.6 is 0 Å². The fraction of sp³-hybridized carbons (Fsp3) is 1.00. The summed E-state index contributed by atoms with van der Waals surface area (Å²) in [6.07, 6.45) is 12.6. The Hall–Kier alpha value is -0.0800. The zero-order valence-electron chi connectivity index (χ0n) is 14.3. The van der Waals surface area contributed by atoms with Crippen LogP contribution in [0.15, 0.2) is 0 Å². The quantitative estimate of drug-likeness (QED) is 0.563. The lowest BCUT2D eigenvalue weighted by Crippen LogP contribution is -2.48. The second kappa shape index (κ2) is 11.6.